The van der Waals surface area contributed by atoms with Crippen molar-refractivity contribution >= 4 is 11.7 Å². The number of amides is 1. The van der Waals surface area contributed by atoms with Crippen molar-refractivity contribution in [1.29, 1.82) is 0 Å². The first-order valence-corrected chi connectivity index (χ1v) is 12.1. The molecule has 1 amide bonds. The van der Waals surface area contributed by atoms with Gasteiger partial charge >= 0.3 is 0 Å². The number of morpholine rings is 1. The minimum Gasteiger partial charge on any atom is -0.378 e. The lowest BCUT2D eigenvalue weighted by Crippen LogP contribution is -2.44. The third kappa shape index (κ3) is 5.61. The number of nitrogens with zero attached hydrogens (tertiary/aromatic N) is 4. The summed E-state index contributed by atoms with van der Waals surface area (Å²) < 4.78 is 5.41. The van der Waals surface area contributed by atoms with Crippen molar-refractivity contribution in [1.82, 2.24) is 20.2 Å². The maximum Gasteiger partial charge on any atom is 0.270 e. The van der Waals surface area contributed by atoms with Gasteiger partial charge < -0.3 is 15.0 Å². The second-order valence-corrected chi connectivity index (χ2v) is 8.92. The molecule has 2 aliphatic heterocycles. The van der Waals surface area contributed by atoms with Crippen molar-refractivity contribution in [2.75, 3.05) is 44.3 Å². The monoisotopic (exact) mass is 457 g/mol. The van der Waals surface area contributed by atoms with Gasteiger partial charge in [0.1, 0.15) is 11.5 Å². The van der Waals surface area contributed by atoms with Gasteiger partial charge in [0.05, 0.1) is 18.9 Å². The van der Waals surface area contributed by atoms with Crippen LogP contribution in [0.5, 0.6) is 0 Å². The van der Waals surface area contributed by atoms with Crippen LogP contribution in [-0.2, 0) is 11.3 Å². The van der Waals surface area contributed by atoms with E-state index in [4.69, 9.17) is 4.74 Å². The van der Waals surface area contributed by atoms with Crippen LogP contribution in [0, 0.1) is 0 Å². The maximum absolute atomic E-state index is 12.9. The van der Waals surface area contributed by atoms with Crippen molar-refractivity contribution in [2.24, 2.45) is 0 Å². The Kier molecular flexibility index (Phi) is 7.12. The van der Waals surface area contributed by atoms with Crippen LogP contribution < -0.4 is 10.2 Å². The number of carbonyl (C=O) groups excluding carboxylic acids is 1. The molecule has 1 N–H and O–H groups in total. The van der Waals surface area contributed by atoms with Crippen LogP contribution in [0.4, 0.5) is 5.82 Å². The van der Waals surface area contributed by atoms with Gasteiger partial charge in [0.2, 0.25) is 0 Å². The van der Waals surface area contributed by atoms with Crippen molar-refractivity contribution in [2.45, 2.75) is 25.4 Å². The summed E-state index contributed by atoms with van der Waals surface area (Å²) in [5.74, 6) is 0.834. The lowest BCUT2D eigenvalue weighted by molar-refractivity contribution is 0.0904. The largest absolute Gasteiger partial charge is 0.378 e. The van der Waals surface area contributed by atoms with Crippen LogP contribution >= 0.6 is 0 Å². The molecule has 3 aromatic rings. The van der Waals surface area contributed by atoms with Crippen LogP contribution in [0.2, 0.25) is 0 Å². The standard InChI is InChI=1S/C27H31N5O2/c33-27(29-23-11-13-31(14-12-23)20-21-5-2-1-3-6-21)25-8-4-7-24(30-25)22-9-10-26(28-19-22)32-15-17-34-18-16-32/h1-10,19,23H,11-18,20H2,(H,29,33). The second kappa shape index (κ2) is 10.8. The van der Waals surface area contributed by atoms with Gasteiger partial charge in [-0.15, -0.1) is 0 Å². The zero-order valence-corrected chi connectivity index (χ0v) is 19.4. The number of aromatic nitrogens is 2. The molecule has 0 aliphatic carbocycles. The van der Waals surface area contributed by atoms with Crippen LogP contribution in [0.3, 0.4) is 0 Å². The molecule has 7 nitrogen and oxygen atoms in total. The Morgan fingerprint density at radius 3 is 2.47 bits per heavy atom. The van der Waals surface area contributed by atoms with Gasteiger partial charge in [0, 0.05) is 50.5 Å². The fraction of sp³-hybridized carbons (Fsp3) is 0.370. The minimum atomic E-state index is -0.110. The molecule has 2 aliphatic rings. The zero-order valence-electron chi connectivity index (χ0n) is 19.4. The van der Waals surface area contributed by atoms with Crippen LogP contribution in [0.15, 0.2) is 66.9 Å². The summed E-state index contributed by atoms with van der Waals surface area (Å²) >= 11 is 0. The Balaban J connectivity index is 1.16. The Labute approximate surface area is 200 Å². The minimum absolute atomic E-state index is 0.110. The van der Waals surface area contributed by atoms with Crippen molar-refractivity contribution in [3.05, 3.63) is 78.1 Å². The third-order valence-electron chi connectivity index (χ3n) is 6.53. The van der Waals surface area contributed by atoms with E-state index in [1.54, 1.807) is 6.07 Å². The number of benzene rings is 1. The van der Waals surface area contributed by atoms with Crippen molar-refractivity contribution in [3.63, 3.8) is 0 Å². The normalized spacial score (nSPS) is 17.5. The molecule has 2 aromatic heterocycles. The van der Waals surface area contributed by atoms with Crippen LogP contribution in [0.25, 0.3) is 11.3 Å². The molecule has 0 saturated carbocycles. The highest BCUT2D eigenvalue weighted by Gasteiger charge is 2.22. The van der Waals surface area contributed by atoms with Gasteiger partial charge in [0.25, 0.3) is 5.91 Å². The second-order valence-electron chi connectivity index (χ2n) is 8.92. The lowest BCUT2D eigenvalue weighted by Gasteiger charge is -2.32. The Bertz CT molecular complexity index is 1080. The maximum atomic E-state index is 12.9. The molecule has 2 fully saturated rings. The van der Waals surface area contributed by atoms with Crippen molar-refractivity contribution in [3.8, 4) is 11.3 Å². The smallest absolute Gasteiger partial charge is 0.270 e. The summed E-state index contributed by atoms with van der Waals surface area (Å²) in [7, 11) is 0. The lowest BCUT2D eigenvalue weighted by atomic mass is 10.0. The van der Waals surface area contributed by atoms with E-state index in [1.165, 1.54) is 5.56 Å². The van der Waals surface area contributed by atoms with E-state index in [1.807, 2.05) is 36.5 Å². The zero-order chi connectivity index (χ0) is 23.2. The fourth-order valence-corrected chi connectivity index (χ4v) is 4.58. The molecule has 0 unspecified atom stereocenters. The highest BCUT2D eigenvalue weighted by Crippen LogP contribution is 2.21. The molecule has 1 aromatic carbocycles. The predicted octanol–water partition coefficient (Wildman–Crippen LogP) is 3.37. The molecule has 0 spiro atoms. The average Bonchev–Trinajstić information content (AvgIpc) is 2.91. The van der Waals surface area contributed by atoms with Gasteiger partial charge in [-0.25, -0.2) is 9.97 Å². The van der Waals surface area contributed by atoms with Gasteiger partial charge in [0.15, 0.2) is 0 Å². The molecular formula is C27H31N5O2. The summed E-state index contributed by atoms with van der Waals surface area (Å²) in [5, 5.41) is 3.19. The fourth-order valence-electron chi connectivity index (χ4n) is 4.58. The molecule has 0 bridgehead atoms. The summed E-state index contributed by atoms with van der Waals surface area (Å²) in [4.78, 5) is 26.8. The first-order valence-electron chi connectivity index (χ1n) is 12.1. The van der Waals surface area contributed by atoms with E-state index < -0.39 is 0 Å². The third-order valence-corrected chi connectivity index (χ3v) is 6.53. The molecule has 7 heteroatoms. The van der Waals surface area contributed by atoms with E-state index in [2.05, 4.69) is 49.4 Å². The Morgan fingerprint density at radius 2 is 1.74 bits per heavy atom. The van der Waals surface area contributed by atoms with Gasteiger partial charge in [-0.1, -0.05) is 36.4 Å². The average molecular weight is 458 g/mol. The number of likely N-dealkylation sites (tertiary alicyclic amines) is 1. The van der Waals surface area contributed by atoms with E-state index in [9.17, 15) is 4.79 Å². The number of anilines is 1. The quantitative estimate of drug-likeness (QED) is 0.612. The molecule has 4 heterocycles. The van der Waals surface area contributed by atoms with E-state index in [0.29, 0.717) is 5.69 Å². The topological polar surface area (TPSA) is 70.6 Å². The van der Waals surface area contributed by atoms with Crippen molar-refractivity contribution < 1.29 is 9.53 Å². The van der Waals surface area contributed by atoms with Crippen LogP contribution in [0.1, 0.15) is 28.9 Å². The number of pyridine rings is 2. The highest BCUT2D eigenvalue weighted by molar-refractivity contribution is 5.93. The molecule has 0 atom stereocenters. The summed E-state index contributed by atoms with van der Waals surface area (Å²) in [6, 6.07) is 20.3. The van der Waals surface area contributed by atoms with Gasteiger partial charge in [-0.2, -0.15) is 0 Å². The first kappa shape index (κ1) is 22.5. The van der Waals surface area contributed by atoms with Gasteiger partial charge in [-0.3, -0.25) is 9.69 Å². The Hall–Kier alpha value is -3.29. The highest BCUT2D eigenvalue weighted by atomic mass is 16.5. The SMILES string of the molecule is O=C(NC1CCN(Cc2ccccc2)CC1)c1cccc(-c2ccc(N3CCOCC3)nc2)n1. The van der Waals surface area contributed by atoms with E-state index in [0.717, 1.165) is 75.9 Å². The van der Waals surface area contributed by atoms with Crippen LogP contribution in [-0.4, -0.2) is 66.2 Å². The summed E-state index contributed by atoms with van der Waals surface area (Å²) in [6.07, 6.45) is 3.73. The number of hydrogen-bond donors (Lipinski definition) is 1. The number of carbonyl (C=O) groups is 1. The number of hydrogen-bond acceptors (Lipinski definition) is 6. The summed E-state index contributed by atoms with van der Waals surface area (Å²) in [5.41, 5.74) is 3.44. The number of rotatable bonds is 6. The Morgan fingerprint density at radius 1 is 0.941 bits per heavy atom. The first-order chi connectivity index (χ1) is 16.7. The van der Waals surface area contributed by atoms with E-state index in [-0.39, 0.29) is 11.9 Å². The molecule has 176 valence electrons. The molecule has 0 radical (unpaired) electrons. The number of ether oxygens (including phenoxy) is 1. The molecule has 2 saturated heterocycles. The van der Waals surface area contributed by atoms with Gasteiger partial charge in [-0.05, 0) is 42.7 Å². The summed E-state index contributed by atoms with van der Waals surface area (Å²) in [6.45, 7) is 6.09. The molecular weight excluding hydrogens is 426 g/mol. The molecule has 5 rings (SSSR count). The molecule has 34 heavy (non-hydrogen) atoms. The van der Waals surface area contributed by atoms with E-state index >= 15 is 0 Å². The predicted molar refractivity (Wildman–Crippen MR) is 133 cm³/mol. The number of piperidine rings is 1. The number of nitrogens with one attached hydrogen (secondary N) is 1.